The average molecular weight is 772 g/mol. The minimum absolute atomic E-state index is 0.00515. The number of piperidine rings is 2. The third-order valence-electron chi connectivity index (χ3n) is 9.38. The Balaban J connectivity index is 1.36. The molecule has 0 N–H and O–H groups in total. The third kappa shape index (κ3) is 13.4. The highest BCUT2D eigenvalue weighted by Crippen LogP contribution is 2.32. The quantitative estimate of drug-likeness (QED) is 0.122. The zero-order valence-corrected chi connectivity index (χ0v) is 33.6. The average Bonchev–Trinajstić information content (AvgIpc) is 3.10. The number of esters is 1. The second kappa shape index (κ2) is 18.5. The van der Waals surface area contributed by atoms with E-state index in [4.69, 9.17) is 18.4 Å². The van der Waals surface area contributed by atoms with E-state index in [1.807, 2.05) is 27.7 Å². The number of hydrogen-bond donors (Lipinski definition) is 0. The van der Waals surface area contributed by atoms with Crippen LogP contribution in [0.25, 0.3) is 0 Å². The fourth-order valence-corrected chi connectivity index (χ4v) is 7.54. The van der Waals surface area contributed by atoms with Gasteiger partial charge in [0, 0.05) is 44.7 Å². The summed E-state index contributed by atoms with van der Waals surface area (Å²) < 4.78 is 47.1. The van der Waals surface area contributed by atoms with Crippen LogP contribution in [0.1, 0.15) is 104 Å². The van der Waals surface area contributed by atoms with Crippen molar-refractivity contribution in [3.63, 3.8) is 0 Å². The molecule has 3 heterocycles. The van der Waals surface area contributed by atoms with Gasteiger partial charge in [0.05, 0.1) is 23.4 Å². The predicted molar refractivity (Wildman–Crippen MR) is 201 cm³/mol. The number of nitrogens with zero attached hydrogens (tertiary/aromatic N) is 3. The van der Waals surface area contributed by atoms with Crippen LogP contribution in [0, 0.1) is 18.8 Å². The number of carbonyl (C=O) groups excluding carboxylic acids is 4. The van der Waals surface area contributed by atoms with Crippen LogP contribution < -0.4 is 4.74 Å². The van der Waals surface area contributed by atoms with Gasteiger partial charge < -0.3 is 24.0 Å². The van der Waals surface area contributed by atoms with Crippen LogP contribution in [0.4, 0.5) is 4.79 Å². The first kappa shape index (κ1) is 42.7. The van der Waals surface area contributed by atoms with Gasteiger partial charge in [-0.1, -0.05) is 17.7 Å². The van der Waals surface area contributed by atoms with E-state index in [0.717, 1.165) is 18.4 Å². The SMILES string of the molecule is Cc1ccc(S(=O)(=O)OCCOc2cncc([C@H](CC(=O)OC(C)(C)C)C(=O)[C@@H]3CCCN(C(=O)CCC4CCN(C(=O)OC(C)(C)C)CC4)C3)c2)cc1. The van der Waals surface area contributed by atoms with Crippen LogP contribution in [0.2, 0.25) is 0 Å². The smallest absolute Gasteiger partial charge is 0.410 e. The van der Waals surface area contributed by atoms with Crippen molar-refractivity contribution in [2.45, 2.75) is 115 Å². The summed E-state index contributed by atoms with van der Waals surface area (Å²) in [6.45, 7) is 14.3. The first-order valence-corrected chi connectivity index (χ1v) is 20.3. The molecule has 2 atom stereocenters. The number of carbonyl (C=O) groups is 4. The highest BCUT2D eigenvalue weighted by atomic mass is 32.2. The van der Waals surface area contributed by atoms with Crippen LogP contribution in [0.3, 0.4) is 0 Å². The summed E-state index contributed by atoms with van der Waals surface area (Å²) in [6.07, 6.45) is 6.33. The maximum atomic E-state index is 14.2. The Labute approximate surface area is 320 Å². The number of aromatic nitrogens is 1. The zero-order valence-electron chi connectivity index (χ0n) is 32.8. The summed E-state index contributed by atoms with van der Waals surface area (Å²) in [7, 11) is -3.97. The maximum absolute atomic E-state index is 14.2. The first-order chi connectivity index (χ1) is 25.3. The Morgan fingerprint density at radius 1 is 0.870 bits per heavy atom. The molecular formula is C40H57N3O10S. The van der Waals surface area contributed by atoms with Crippen molar-refractivity contribution < 1.29 is 46.0 Å². The number of likely N-dealkylation sites (tertiary alicyclic amines) is 2. The monoisotopic (exact) mass is 771 g/mol. The van der Waals surface area contributed by atoms with E-state index in [1.165, 1.54) is 24.5 Å². The molecule has 0 saturated carbocycles. The van der Waals surface area contributed by atoms with Gasteiger partial charge in [-0.25, -0.2) is 4.79 Å². The standard InChI is InChI=1S/C40H57N3O10S/c1-28-10-13-33(14-11-28)54(48,49)51-22-21-50-32-23-31(25-41-26-32)34(24-36(45)52-39(2,3)4)37(46)30-9-8-18-43(27-30)35(44)15-12-29-16-19-42(20-17-29)38(47)53-40(5,6)7/h10-11,13-14,23,25-26,29-30,34H,8-9,12,15-22,24,27H2,1-7H3/t30-,34+/m1/s1. The van der Waals surface area contributed by atoms with E-state index in [0.29, 0.717) is 56.8 Å². The number of rotatable bonds is 14. The number of pyridine rings is 1. The minimum atomic E-state index is -3.97. The van der Waals surface area contributed by atoms with E-state index >= 15 is 0 Å². The van der Waals surface area contributed by atoms with E-state index in [2.05, 4.69) is 4.98 Å². The lowest BCUT2D eigenvalue weighted by Gasteiger charge is -2.35. The van der Waals surface area contributed by atoms with Gasteiger partial charge in [-0.3, -0.25) is 23.6 Å². The molecule has 2 fully saturated rings. The molecule has 14 heteroatoms. The van der Waals surface area contributed by atoms with Crippen molar-refractivity contribution in [2.24, 2.45) is 11.8 Å². The van der Waals surface area contributed by atoms with Gasteiger partial charge in [0.2, 0.25) is 5.91 Å². The summed E-state index contributed by atoms with van der Waals surface area (Å²) in [6, 6.07) is 7.94. The van der Waals surface area contributed by atoms with E-state index in [1.54, 1.807) is 48.8 Å². The molecule has 54 heavy (non-hydrogen) atoms. The molecule has 2 aliphatic rings. The van der Waals surface area contributed by atoms with E-state index in [9.17, 15) is 27.6 Å². The summed E-state index contributed by atoms with van der Waals surface area (Å²) in [5.74, 6) is -1.51. The number of hydrogen-bond acceptors (Lipinski definition) is 11. The van der Waals surface area contributed by atoms with Crippen molar-refractivity contribution in [1.82, 2.24) is 14.8 Å². The minimum Gasteiger partial charge on any atom is -0.490 e. The third-order valence-corrected chi connectivity index (χ3v) is 10.7. The first-order valence-electron chi connectivity index (χ1n) is 18.8. The molecule has 0 unspecified atom stereocenters. The Kier molecular flexibility index (Phi) is 14.7. The second-order valence-electron chi connectivity index (χ2n) is 16.3. The fraction of sp³-hybridized carbons (Fsp3) is 0.625. The lowest BCUT2D eigenvalue weighted by Crippen LogP contribution is -2.44. The molecule has 0 spiro atoms. The van der Waals surface area contributed by atoms with Gasteiger partial charge in [0.25, 0.3) is 10.1 Å². The lowest BCUT2D eigenvalue weighted by atomic mass is 9.82. The van der Waals surface area contributed by atoms with Gasteiger partial charge in [-0.15, -0.1) is 0 Å². The molecule has 1 aromatic carbocycles. The van der Waals surface area contributed by atoms with Crippen LogP contribution in [0.15, 0.2) is 47.6 Å². The molecule has 0 aliphatic carbocycles. The van der Waals surface area contributed by atoms with Gasteiger partial charge >= 0.3 is 12.1 Å². The Morgan fingerprint density at radius 3 is 2.19 bits per heavy atom. The second-order valence-corrected chi connectivity index (χ2v) is 17.9. The predicted octanol–water partition coefficient (Wildman–Crippen LogP) is 6.22. The summed E-state index contributed by atoms with van der Waals surface area (Å²) in [5, 5.41) is 0. The largest absolute Gasteiger partial charge is 0.490 e. The Morgan fingerprint density at radius 2 is 1.54 bits per heavy atom. The highest BCUT2D eigenvalue weighted by Gasteiger charge is 2.36. The number of benzene rings is 1. The summed E-state index contributed by atoms with van der Waals surface area (Å²) in [5.41, 5.74) is 0.0706. The molecule has 13 nitrogen and oxygen atoms in total. The molecule has 2 aliphatic heterocycles. The van der Waals surface area contributed by atoms with Crippen molar-refractivity contribution in [3.05, 3.63) is 53.9 Å². The Bertz CT molecular complexity index is 1710. The van der Waals surface area contributed by atoms with E-state index in [-0.39, 0.29) is 54.6 Å². The topological polar surface area (TPSA) is 159 Å². The van der Waals surface area contributed by atoms with Crippen molar-refractivity contribution in [2.75, 3.05) is 39.4 Å². The number of amides is 2. The van der Waals surface area contributed by atoms with Crippen LogP contribution >= 0.6 is 0 Å². The van der Waals surface area contributed by atoms with Crippen LogP contribution in [0.5, 0.6) is 5.75 Å². The zero-order chi connectivity index (χ0) is 39.7. The molecule has 0 radical (unpaired) electrons. The number of ketones is 1. The molecule has 2 aromatic rings. The Hall–Kier alpha value is -4.04. The molecule has 298 valence electrons. The highest BCUT2D eigenvalue weighted by molar-refractivity contribution is 7.86. The molecule has 1 aromatic heterocycles. The van der Waals surface area contributed by atoms with Crippen molar-refractivity contribution in [3.8, 4) is 5.75 Å². The van der Waals surface area contributed by atoms with Crippen LogP contribution in [-0.4, -0.2) is 97.5 Å². The summed E-state index contributed by atoms with van der Waals surface area (Å²) in [4.78, 5) is 61.0. The van der Waals surface area contributed by atoms with Crippen LogP contribution in [-0.2, 0) is 38.2 Å². The number of Topliss-reactive ketones (excluding diaryl/α,β-unsaturated/α-hetero) is 1. The van der Waals surface area contributed by atoms with Crippen molar-refractivity contribution >= 4 is 33.9 Å². The maximum Gasteiger partial charge on any atom is 0.410 e. The number of aryl methyl sites for hydroxylation is 1. The lowest BCUT2D eigenvalue weighted by molar-refractivity contribution is -0.156. The van der Waals surface area contributed by atoms with E-state index < -0.39 is 39.1 Å². The van der Waals surface area contributed by atoms with Gasteiger partial charge in [0.15, 0.2) is 0 Å². The summed E-state index contributed by atoms with van der Waals surface area (Å²) >= 11 is 0. The normalized spacial score (nSPS) is 17.8. The van der Waals surface area contributed by atoms with Gasteiger partial charge in [0.1, 0.15) is 35.9 Å². The molecule has 2 amide bonds. The molecular weight excluding hydrogens is 715 g/mol. The molecule has 4 rings (SSSR count). The van der Waals surface area contributed by atoms with Gasteiger partial charge in [-0.05, 0) is 110 Å². The fourth-order valence-electron chi connectivity index (χ4n) is 6.65. The van der Waals surface area contributed by atoms with Crippen molar-refractivity contribution in [1.29, 1.82) is 0 Å². The van der Waals surface area contributed by atoms with Gasteiger partial charge in [-0.2, -0.15) is 8.42 Å². The number of ether oxygens (including phenoxy) is 3. The molecule has 2 saturated heterocycles. The molecule has 0 bridgehead atoms.